The number of nitrogen functional groups attached to an aromatic ring is 1. The molecule has 0 saturated carbocycles. The smallest absolute Gasteiger partial charge is 0.408 e. The zero-order valence-electron chi connectivity index (χ0n) is 18.3. The van der Waals surface area contributed by atoms with Gasteiger partial charge >= 0.3 is 6.09 Å². The van der Waals surface area contributed by atoms with Crippen molar-refractivity contribution in [2.24, 2.45) is 0 Å². The number of methoxy groups -OCH3 is 2. The first-order valence-corrected chi connectivity index (χ1v) is 11.4. The molecule has 2 aromatic rings. The lowest BCUT2D eigenvalue weighted by molar-refractivity contribution is -0.131. The number of carboxylic acid groups (broad SMARTS) is 1. The van der Waals surface area contributed by atoms with Crippen LogP contribution in [0.3, 0.4) is 0 Å². The number of aromatic nitrogens is 2. The number of fused-ring (bicyclic) bond motifs is 1. The zero-order chi connectivity index (χ0) is 23.7. The van der Waals surface area contributed by atoms with Gasteiger partial charge in [-0.15, -0.1) is 11.8 Å². The van der Waals surface area contributed by atoms with E-state index in [1.54, 1.807) is 4.90 Å². The topological polar surface area (TPSA) is 134 Å². The van der Waals surface area contributed by atoms with E-state index in [1.807, 2.05) is 4.90 Å². The second kappa shape index (κ2) is 9.33. The van der Waals surface area contributed by atoms with Gasteiger partial charge in [-0.25, -0.2) is 14.2 Å². The molecule has 1 aromatic heterocycles. The minimum Gasteiger partial charge on any atom is -0.493 e. The Bertz CT molecular complexity index is 1080. The number of carbonyl (C=O) groups excluding carboxylic acids is 1. The van der Waals surface area contributed by atoms with E-state index in [2.05, 4.69) is 9.97 Å². The predicted molar refractivity (Wildman–Crippen MR) is 121 cm³/mol. The first kappa shape index (κ1) is 23.0. The van der Waals surface area contributed by atoms with Crippen molar-refractivity contribution in [2.75, 3.05) is 63.3 Å². The van der Waals surface area contributed by atoms with Gasteiger partial charge in [0.2, 0.25) is 11.9 Å². The second-order valence-electron chi connectivity index (χ2n) is 7.60. The lowest BCUT2D eigenvalue weighted by Gasteiger charge is -2.35. The van der Waals surface area contributed by atoms with Crippen LogP contribution in [-0.4, -0.2) is 94.9 Å². The molecular weight excluding hydrogens is 455 g/mol. The molecule has 4 rings (SSSR count). The Morgan fingerprint density at radius 2 is 1.94 bits per heavy atom. The standard InChI is InChI=1S/C20H25FN6O5S/c1-31-12-9-11-16(15(21)17(12)32-2)23-19(24-18(11)22)26-5-3-25(4-6-26)13(28)10-14-27(20(29)30)7-8-33-14/h9,14H,3-8,10H2,1-2H3,(H,29,30)(H2,22,23,24). The van der Waals surface area contributed by atoms with E-state index in [0.29, 0.717) is 43.9 Å². The first-order valence-electron chi connectivity index (χ1n) is 10.4. The minimum atomic E-state index is -1.00. The van der Waals surface area contributed by atoms with Crippen LogP contribution in [0.1, 0.15) is 6.42 Å². The van der Waals surface area contributed by atoms with Crippen molar-refractivity contribution in [3.05, 3.63) is 11.9 Å². The Labute approximate surface area is 193 Å². The second-order valence-corrected chi connectivity index (χ2v) is 8.89. The molecule has 2 aliphatic rings. The van der Waals surface area contributed by atoms with Gasteiger partial charge in [0.05, 0.1) is 26.0 Å². The van der Waals surface area contributed by atoms with Crippen molar-refractivity contribution >= 4 is 46.4 Å². The Hall–Kier alpha value is -3.22. The molecule has 33 heavy (non-hydrogen) atoms. The number of anilines is 2. The quantitative estimate of drug-likeness (QED) is 0.648. The Balaban J connectivity index is 1.47. The van der Waals surface area contributed by atoms with E-state index in [9.17, 15) is 14.7 Å². The molecule has 2 saturated heterocycles. The molecule has 3 heterocycles. The highest BCUT2D eigenvalue weighted by Crippen LogP contribution is 2.37. The van der Waals surface area contributed by atoms with E-state index in [4.69, 9.17) is 15.2 Å². The summed E-state index contributed by atoms with van der Waals surface area (Å²) in [6.45, 7) is 2.13. The van der Waals surface area contributed by atoms with Crippen molar-refractivity contribution in [3.63, 3.8) is 0 Å². The average molecular weight is 481 g/mol. The molecule has 2 aliphatic heterocycles. The van der Waals surface area contributed by atoms with Gasteiger partial charge in [0.1, 0.15) is 11.3 Å². The van der Waals surface area contributed by atoms with E-state index in [-0.39, 0.29) is 46.5 Å². The summed E-state index contributed by atoms with van der Waals surface area (Å²) < 4.78 is 25.3. The third-order valence-corrected chi connectivity index (χ3v) is 7.02. The highest BCUT2D eigenvalue weighted by Gasteiger charge is 2.33. The zero-order valence-corrected chi connectivity index (χ0v) is 19.1. The SMILES string of the molecule is COc1cc2c(N)nc(N3CCN(C(=O)CC4SCCN4C(=O)O)CC3)nc2c(F)c1OC. The fourth-order valence-electron chi connectivity index (χ4n) is 4.02. The number of benzene rings is 1. The highest BCUT2D eigenvalue weighted by atomic mass is 32.2. The maximum absolute atomic E-state index is 15.0. The summed E-state index contributed by atoms with van der Waals surface area (Å²) in [6, 6.07) is 1.54. The molecule has 178 valence electrons. The number of piperazine rings is 1. The van der Waals surface area contributed by atoms with Gasteiger partial charge in [-0.1, -0.05) is 0 Å². The summed E-state index contributed by atoms with van der Waals surface area (Å²) in [4.78, 5) is 37.6. The van der Waals surface area contributed by atoms with Crippen molar-refractivity contribution in [2.45, 2.75) is 11.8 Å². The van der Waals surface area contributed by atoms with Crippen LogP contribution < -0.4 is 20.1 Å². The number of thioether (sulfide) groups is 1. The Morgan fingerprint density at radius 3 is 2.58 bits per heavy atom. The van der Waals surface area contributed by atoms with Gasteiger partial charge < -0.3 is 30.1 Å². The monoisotopic (exact) mass is 480 g/mol. The summed E-state index contributed by atoms with van der Waals surface area (Å²) >= 11 is 1.48. The van der Waals surface area contributed by atoms with E-state index >= 15 is 4.39 Å². The van der Waals surface area contributed by atoms with Crippen LogP contribution in [0.2, 0.25) is 0 Å². The number of hydrogen-bond acceptors (Lipinski definition) is 9. The van der Waals surface area contributed by atoms with E-state index in [1.165, 1.54) is 36.9 Å². The van der Waals surface area contributed by atoms with Crippen LogP contribution in [0, 0.1) is 5.82 Å². The van der Waals surface area contributed by atoms with Gasteiger partial charge in [0.25, 0.3) is 0 Å². The molecule has 2 fully saturated rings. The van der Waals surface area contributed by atoms with Gasteiger partial charge in [-0.2, -0.15) is 4.98 Å². The molecule has 1 aromatic carbocycles. The summed E-state index contributed by atoms with van der Waals surface area (Å²) in [7, 11) is 2.74. The number of nitrogens with zero attached hydrogens (tertiary/aromatic N) is 5. The van der Waals surface area contributed by atoms with Gasteiger partial charge in [0.15, 0.2) is 17.3 Å². The minimum absolute atomic E-state index is 0.0284. The van der Waals surface area contributed by atoms with E-state index < -0.39 is 11.9 Å². The summed E-state index contributed by atoms with van der Waals surface area (Å²) in [5, 5.41) is 9.23. The van der Waals surface area contributed by atoms with Crippen LogP contribution in [0.15, 0.2) is 6.07 Å². The van der Waals surface area contributed by atoms with Gasteiger partial charge in [-0.3, -0.25) is 9.69 Å². The molecule has 1 unspecified atom stereocenters. The molecule has 0 aliphatic carbocycles. The predicted octanol–water partition coefficient (Wildman–Crippen LogP) is 1.46. The van der Waals surface area contributed by atoms with Crippen molar-refractivity contribution in [1.29, 1.82) is 0 Å². The molecule has 3 N–H and O–H groups in total. The van der Waals surface area contributed by atoms with Crippen molar-refractivity contribution in [1.82, 2.24) is 19.8 Å². The van der Waals surface area contributed by atoms with Crippen LogP contribution in [0.5, 0.6) is 11.5 Å². The van der Waals surface area contributed by atoms with Gasteiger partial charge in [0, 0.05) is 43.9 Å². The Kier molecular flexibility index (Phi) is 6.49. The summed E-state index contributed by atoms with van der Waals surface area (Å²) in [5.41, 5.74) is 6.12. The maximum atomic E-state index is 15.0. The average Bonchev–Trinajstić information content (AvgIpc) is 3.27. The number of hydrogen-bond donors (Lipinski definition) is 2. The molecule has 1 atom stereocenters. The number of amides is 2. The Morgan fingerprint density at radius 1 is 1.21 bits per heavy atom. The summed E-state index contributed by atoms with van der Waals surface area (Å²) in [5.74, 6) is 0.410. The van der Waals surface area contributed by atoms with Crippen molar-refractivity contribution in [3.8, 4) is 11.5 Å². The van der Waals surface area contributed by atoms with Gasteiger partial charge in [-0.05, 0) is 6.07 Å². The normalized spacial score (nSPS) is 18.6. The third-order valence-electron chi connectivity index (χ3n) is 5.79. The van der Waals surface area contributed by atoms with Crippen LogP contribution in [0.25, 0.3) is 10.9 Å². The van der Waals surface area contributed by atoms with Crippen LogP contribution in [-0.2, 0) is 4.79 Å². The number of halogens is 1. The van der Waals surface area contributed by atoms with Crippen LogP contribution in [0.4, 0.5) is 21.0 Å². The lowest BCUT2D eigenvalue weighted by Crippen LogP contribution is -2.50. The molecule has 2 amide bonds. The molecule has 11 nitrogen and oxygen atoms in total. The molecule has 0 bridgehead atoms. The maximum Gasteiger partial charge on any atom is 0.408 e. The van der Waals surface area contributed by atoms with Crippen molar-refractivity contribution < 1.29 is 28.6 Å². The van der Waals surface area contributed by atoms with E-state index in [0.717, 1.165) is 0 Å². The molecule has 0 radical (unpaired) electrons. The number of nitrogens with two attached hydrogens (primary N) is 1. The number of rotatable bonds is 5. The fourth-order valence-corrected chi connectivity index (χ4v) is 5.23. The highest BCUT2D eigenvalue weighted by molar-refractivity contribution is 8.00. The van der Waals surface area contributed by atoms with Crippen LogP contribution >= 0.6 is 11.8 Å². The summed E-state index contributed by atoms with van der Waals surface area (Å²) in [6.07, 6.45) is -0.862. The first-order chi connectivity index (χ1) is 15.8. The number of ether oxygens (including phenoxy) is 2. The molecular formula is C20H25FN6O5S. The molecule has 0 spiro atoms. The third kappa shape index (κ3) is 4.36. The molecule has 13 heteroatoms. The lowest BCUT2D eigenvalue weighted by atomic mass is 10.2. The fraction of sp³-hybridized carbons (Fsp3) is 0.500. The largest absolute Gasteiger partial charge is 0.493 e. The number of carbonyl (C=O) groups is 2.